The standard InChI is InChI=1S/C17H21F3N4O3/c18-17(19,20)11-22-14(25)10-21-16(27)23-13-6-8-24(9-7-13)15(26)12-4-2-1-3-5-12/h1-5,13H,6-11H2,(H,22,25)(H2,21,23,27). The van der Waals surface area contributed by atoms with Crippen molar-refractivity contribution in [1.82, 2.24) is 20.9 Å². The molecule has 0 spiro atoms. The Bertz CT molecular complexity index is 659. The van der Waals surface area contributed by atoms with Crippen molar-refractivity contribution in [3.63, 3.8) is 0 Å². The monoisotopic (exact) mass is 386 g/mol. The molecule has 7 nitrogen and oxygen atoms in total. The normalized spacial score (nSPS) is 15.1. The van der Waals surface area contributed by atoms with Crippen LogP contribution in [0, 0.1) is 0 Å². The van der Waals surface area contributed by atoms with E-state index in [2.05, 4.69) is 10.6 Å². The minimum absolute atomic E-state index is 0.0696. The molecule has 1 aromatic carbocycles. The fourth-order valence-corrected chi connectivity index (χ4v) is 2.65. The second kappa shape index (κ2) is 9.24. The maximum Gasteiger partial charge on any atom is 0.405 e. The van der Waals surface area contributed by atoms with Crippen LogP contribution in [-0.2, 0) is 4.79 Å². The van der Waals surface area contributed by atoms with Crippen molar-refractivity contribution >= 4 is 17.8 Å². The molecule has 27 heavy (non-hydrogen) atoms. The molecule has 10 heteroatoms. The Morgan fingerprint density at radius 3 is 2.26 bits per heavy atom. The molecule has 0 unspecified atom stereocenters. The number of halogens is 3. The summed E-state index contributed by atoms with van der Waals surface area (Å²) in [6.07, 6.45) is -3.40. The highest BCUT2D eigenvalue weighted by molar-refractivity contribution is 5.94. The van der Waals surface area contributed by atoms with Crippen LogP contribution in [0.5, 0.6) is 0 Å². The molecule has 0 aliphatic carbocycles. The molecule has 1 saturated heterocycles. The highest BCUT2D eigenvalue weighted by Gasteiger charge is 2.28. The molecule has 4 amide bonds. The Balaban J connectivity index is 1.67. The fourth-order valence-electron chi connectivity index (χ4n) is 2.65. The van der Waals surface area contributed by atoms with Gasteiger partial charge in [0, 0.05) is 24.7 Å². The van der Waals surface area contributed by atoms with E-state index in [1.807, 2.05) is 6.07 Å². The van der Waals surface area contributed by atoms with Crippen molar-refractivity contribution in [3.8, 4) is 0 Å². The van der Waals surface area contributed by atoms with Gasteiger partial charge in [-0.3, -0.25) is 9.59 Å². The van der Waals surface area contributed by atoms with Gasteiger partial charge in [-0.25, -0.2) is 4.79 Å². The molecule has 3 N–H and O–H groups in total. The first-order chi connectivity index (χ1) is 12.7. The molecule has 148 valence electrons. The van der Waals surface area contributed by atoms with E-state index in [-0.39, 0.29) is 11.9 Å². The minimum atomic E-state index is -4.50. The van der Waals surface area contributed by atoms with Crippen LogP contribution in [0.15, 0.2) is 30.3 Å². The van der Waals surface area contributed by atoms with E-state index >= 15 is 0 Å². The van der Waals surface area contributed by atoms with Crippen LogP contribution in [-0.4, -0.2) is 61.1 Å². The Kier molecular flexibility index (Phi) is 7.03. The van der Waals surface area contributed by atoms with Crippen LogP contribution < -0.4 is 16.0 Å². The number of urea groups is 1. The van der Waals surface area contributed by atoms with Crippen molar-refractivity contribution in [1.29, 1.82) is 0 Å². The third-order valence-electron chi connectivity index (χ3n) is 4.03. The molecule has 1 fully saturated rings. The van der Waals surface area contributed by atoms with Gasteiger partial charge in [0.05, 0.1) is 6.54 Å². The van der Waals surface area contributed by atoms with E-state index in [9.17, 15) is 27.6 Å². The summed E-state index contributed by atoms with van der Waals surface area (Å²) in [5.41, 5.74) is 0.603. The number of benzene rings is 1. The van der Waals surface area contributed by atoms with Crippen molar-refractivity contribution < 1.29 is 27.6 Å². The first kappa shape index (κ1) is 20.5. The predicted molar refractivity (Wildman–Crippen MR) is 91.0 cm³/mol. The lowest BCUT2D eigenvalue weighted by Crippen LogP contribution is -2.50. The van der Waals surface area contributed by atoms with Crippen molar-refractivity contribution in [2.75, 3.05) is 26.2 Å². The van der Waals surface area contributed by atoms with Gasteiger partial charge in [0.15, 0.2) is 0 Å². The predicted octanol–water partition coefficient (Wildman–Crippen LogP) is 1.27. The largest absolute Gasteiger partial charge is 0.405 e. The molecule has 0 bridgehead atoms. The fraction of sp³-hybridized carbons (Fsp3) is 0.471. The summed E-state index contributed by atoms with van der Waals surface area (Å²) in [6.45, 7) is -1.04. The topological polar surface area (TPSA) is 90.5 Å². The van der Waals surface area contributed by atoms with E-state index in [4.69, 9.17) is 0 Å². The molecular weight excluding hydrogens is 365 g/mol. The molecule has 2 rings (SSSR count). The second-order valence-electron chi connectivity index (χ2n) is 6.15. The molecule has 0 aromatic heterocycles. The van der Waals surface area contributed by atoms with E-state index < -0.39 is 31.2 Å². The minimum Gasteiger partial charge on any atom is -0.345 e. The van der Waals surface area contributed by atoms with Gasteiger partial charge in [0.2, 0.25) is 5.91 Å². The zero-order valence-electron chi connectivity index (χ0n) is 14.5. The summed E-state index contributed by atoms with van der Waals surface area (Å²) in [5, 5.41) is 6.54. The van der Waals surface area contributed by atoms with Gasteiger partial charge in [-0.1, -0.05) is 18.2 Å². The van der Waals surface area contributed by atoms with Crippen molar-refractivity contribution in [2.45, 2.75) is 25.1 Å². The molecule has 1 aliphatic rings. The summed E-state index contributed by atoms with van der Waals surface area (Å²) in [6, 6.07) is 8.07. The number of piperidine rings is 1. The first-order valence-corrected chi connectivity index (χ1v) is 8.47. The van der Waals surface area contributed by atoms with E-state index in [1.54, 1.807) is 34.5 Å². The number of nitrogens with zero attached hydrogens (tertiary/aromatic N) is 1. The van der Waals surface area contributed by atoms with Gasteiger partial charge < -0.3 is 20.9 Å². The Labute approximate surface area is 154 Å². The SMILES string of the molecule is O=C(CNC(=O)NC1CCN(C(=O)c2ccccc2)CC1)NCC(F)(F)F. The zero-order valence-corrected chi connectivity index (χ0v) is 14.5. The number of carbonyl (C=O) groups excluding carboxylic acids is 3. The van der Waals surface area contributed by atoms with Crippen LogP contribution in [0.1, 0.15) is 23.2 Å². The molecule has 1 aliphatic heterocycles. The Hall–Kier alpha value is -2.78. The van der Waals surface area contributed by atoms with Crippen LogP contribution in [0.25, 0.3) is 0 Å². The molecular formula is C17H21F3N4O3. The quantitative estimate of drug-likeness (QED) is 0.712. The van der Waals surface area contributed by atoms with Crippen LogP contribution in [0.3, 0.4) is 0 Å². The number of alkyl halides is 3. The Morgan fingerprint density at radius 1 is 1.04 bits per heavy atom. The summed E-state index contributed by atoms with van der Waals surface area (Å²) in [4.78, 5) is 37.0. The van der Waals surface area contributed by atoms with E-state index in [0.717, 1.165) is 0 Å². The lowest BCUT2D eigenvalue weighted by atomic mass is 10.0. The van der Waals surface area contributed by atoms with Gasteiger partial charge in [-0.2, -0.15) is 13.2 Å². The van der Waals surface area contributed by atoms with Crippen molar-refractivity contribution in [2.24, 2.45) is 0 Å². The highest BCUT2D eigenvalue weighted by atomic mass is 19.4. The summed E-state index contributed by atoms with van der Waals surface area (Å²) < 4.78 is 35.9. The number of carbonyl (C=O) groups is 3. The van der Waals surface area contributed by atoms with Crippen molar-refractivity contribution in [3.05, 3.63) is 35.9 Å². The maximum atomic E-state index is 12.3. The van der Waals surface area contributed by atoms with Crippen LogP contribution in [0.4, 0.5) is 18.0 Å². The van der Waals surface area contributed by atoms with E-state index in [0.29, 0.717) is 31.5 Å². The Morgan fingerprint density at radius 2 is 1.67 bits per heavy atom. The number of amides is 4. The zero-order chi connectivity index (χ0) is 19.9. The number of hydrogen-bond acceptors (Lipinski definition) is 3. The second-order valence-corrected chi connectivity index (χ2v) is 6.15. The molecule has 1 heterocycles. The first-order valence-electron chi connectivity index (χ1n) is 8.47. The summed E-state index contributed by atoms with van der Waals surface area (Å²) in [5.74, 6) is -0.995. The van der Waals surface area contributed by atoms with Crippen LogP contribution >= 0.6 is 0 Å². The molecule has 0 radical (unpaired) electrons. The van der Waals surface area contributed by atoms with Gasteiger partial charge in [0.25, 0.3) is 5.91 Å². The number of hydrogen-bond donors (Lipinski definition) is 3. The summed E-state index contributed by atoms with van der Waals surface area (Å²) >= 11 is 0. The third kappa shape index (κ3) is 7.16. The van der Waals surface area contributed by atoms with Gasteiger partial charge in [-0.15, -0.1) is 0 Å². The number of rotatable bonds is 5. The van der Waals surface area contributed by atoms with Gasteiger partial charge in [0.1, 0.15) is 6.54 Å². The van der Waals surface area contributed by atoms with E-state index in [1.165, 1.54) is 0 Å². The summed E-state index contributed by atoms with van der Waals surface area (Å²) in [7, 11) is 0. The molecule has 1 aromatic rings. The maximum absolute atomic E-state index is 12.3. The number of likely N-dealkylation sites (tertiary alicyclic amines) is 1. The smallest absolute Gasteiger partial charge is 0.345 e. The van der Waals surface area contributed by atoms with Crippen LogP contribution in [0.2, 0.25) is 0 Å². The molecule has 0 saturated carbocycles. The average Bonchev–Trinajstić information content (AvgIpc) is 2.65. The average molecular weight is 386 g/mol. The third-order valence-corrected chi connectivity index (χ3v) is 4.03. The lowest BCUT2D eigenvalue weighted by Gasteiger charge is -2.32. The van der Waals surface area contributed by atoms with Gasteiger partial charge >= 0.3 is 12.2 Å². The number of nitrogens with one attached hydrogen (secondary N) is 3. The molecule has 0 atom stereocenters. The lowest BCUT2D eigenvalue weighted by molar-refractivity contribution is -0.137. The highest BCUT2D eigenvalue weighted by Crippen LogP contribution is 2.14. The van der Waals surface area contributed by atoms with Gasteiger partial charge in [-0.05, 0) is 25.0 Å².